The summed E-state index contributed by atoms with van der Waals surface area (Å²) in [5, 5.41) is 9.75. The molecule has 0 aliphatic heterocycles. The molecule has 0 radical (unpaired) electrons. The first-order valence-corrected chi connectivity index (χ1v) is 10.4. The molecule has 0 bridgehead atoms. The highest BCUT2D eigenvalue weighted by Crippen LogP contribution is 2.28. The summed E-state index contributed by atoms with van der Waals surface area (Å²) in [6.45, 7) is 0. The summed E-state index contributed by atoms with van der Waals surface area (Å²) in [7, 11) is 0. The maximum Gasteiger partial charge on any atom is 0.228 e. The van der Waals surface area contributed by atoms with Crippen LogP contribution in [0, 0.1) is 5.82 Å². The maximum atomic E-state index is 13.1. The lowest BCUT2D eigenvalue weighted by atomic mass is 10.1. The van der Waals surface area contributed by atoms with Gasteiger partial charge in [0.25, 0.3) is 0 Å². The highest BCUT2D eigenvalue weighted by atomic mass is 79.9. The molecule has 0 spiro atoms. The van der Waals surface area contributed by atoms with E-state index in [4.69, 9.17) is 21.1 Å². The molecule has 30 heavy (non-hydrogen) atoms. The number of carbonyl (C=O) groups excluding carboxylic acids is 2. The Labute approximate surface area is 192 Å². The number of phenolic OH excluding ortho intramolecular Hbond substituents is 1. The lowest BCUT2D eigenvalue weighted by molar-refractivity contribution is 0.101. The van der Waals surface area contributed by atoms with Crippen LogP contribution in [0.3, 0.4) is 0 Å². The monoisotopic (exact) mass is 552 g/mol. The molecule has 8 heteroatoms. The van der Waals surface area contributed by atoms with Crippen LogP contribution in [0.5, 0.6) is 5.75 Å². The molecule has 4 rings (SSSR count). The molecule has 3 aromatic carbocycles. The molecule has 0 unspecified atom stereocenters. The predicted molar refractivity (Wildman–Crippen MR) is 120 cm³/mol. The molecule has 0 saturated carbocycles. The quantitative estimate of drug-likeness (QED) is 0.215. The first-order chi connectivity index (χ1) is 14.3. The minimum Gasteiger partial charge on any atom is -0.507 e. The maximum absolute atomic E-state index is 13.1. The van der Waals surface area contributed by atoms with E-state index in [1.807, 2.05) is 12.1 Å². The number of fused-ring (bicyclic) bond motifs is 1. The second kappa shape index (κ2) is 9.55. The number of hydrogen-bond acceptors (Lipinski definition) is 4. The van der Waals surface area contributed by atoms with Crippen molar-refractivity contribution < 1.29 is 23.5 Å². The Morgan fingerprint density at radius 1 is 1.03 bits per heavy atom. The van der Waals surface area contributed by atoms with Crippen LogP contribution in [0.4, 0.5) is 4.39 Å². The van der Waals surface area contributed by atoms with Gasteiger partial charge in [0, 0.05) is 19.9 Å². The van der Waals surface area contributed by atoms with Crippen molar-refractivity contribution in [2.75, 3.05) is 0 Å². The van der Waals surface area contributed by atoms with Crippen LogP contribution in [-0.2, 0) is 0 Å². The summed E-state index contributed by atoms with van der Waals surface area (Å²) in [5.41, 5.74) is 1.19. The number of hydrogen-bond donors (Lipinski definition) is 1. The summed E-state index contributed by atoms with van der Waals surface area (Å²) in [6, 6.07) is 15.8. The van der Waals surface area contributed by atoms with Gasteiger partial charge in [0.05, 0.1) is 10.6 Å². The summed E-state index contributed by atoms with van der Waals surface area (Å²) in [6.07, 6.45) is 0.611. The number of furan rings is 1. The fourth-order valence-corrected chi connectivity index (χ4v) is 3.65. The molecule has 0 atom stereocenters. The van der Waals surface area contributed by atoms with E-state index in [1.54, 1.807) is 24.3 Å². The topological polar surface area (TPSA) is 67.5 Å². The summed E-state index contributed by atoms with van der Waals surface area (Å²) < 4.78 is 20.1. The third kappa shape index (κ3) is 4.80. The third-order valence-electron chi connectivity index (χ3n) is 4.06. The highest BCUT2D eigenvalue weighted by molar-refractivity contribution is 9.11. The summed E-state index contributed by atoms with van der Waals surface area (Å²) in [5.74, 6) is -0.704. The van der Waals surface area contributed by atoms with Crippen LogP contribution in [0.2, 0.25) is 5.02 Å². The highest BCUT2D eigenvalue weighted by Gasteiger charge is 2.16. The van der Waals surface area contributed by atoms with Crippen LogP contribution >= 0.6 is 43.5 Å². The van der Waals surface area contributed by atoms with Gasteiger partial charge >= 0.3 is 0 Å². The zero-order valence-corrected chi connectivity index (χ0v) is 19.0. The number of rotatable bonds is 3. The molecule has 0 amide bonds. The van der Waals surface area contributed by atoms with Gasteiger partial charge in [-0.1, -0.05) is 39.7 Å². The van der Waals surface area contributed by atoms with Crippen molar-refractivity contribution in [3.8, 4) is 5.75 Å². The second-order valence-corrected chi connectivity index (χ2v) is 8.13. The van der Waals surface area contributed by atoms with E-state index in [2.05, 4.69) is 31.9 Å². The Morgan fingerprint density at radius 2 is 1.73 bits per heavy atom. The number of aromatic hydroxyl groups is 1. The largest absolute Gasteiger partial charge is 0.507 e. The Kier molecular flexibility index (Phi) is 7.07. The van der Waals surface area contributed by atoms with Gasteiger partial charge in [-0.2, -0.15) is 0 Å². The fraction of sp³-hybridized carbons (Fsp3) is 0. The minimum atomic E-state index is -0.560. The van der Waals surface area contributed by atoms with Gasteiger partial charge in [-0.3, -0.25) is 9.59 Å². The van der Waals surface area contributed by atoms with Crippen LogP contribution < -0.4 is 0 Å². The van der Waals surface area contributed by atoms with E-state index in [0.29, 0.717) is 21.9 Å². The zero-order valence-electron chi connectivity index (χ0n) is 15.0. The lowest BCUT2D eigenvalue weighted by Gasteiger charge is -1.99. The van der Waals surface area contributed by atoms with Gasteiger partial charge in [-0.25, -0.2) is 4.39 Å². The number of carbonyl (C=O) groups is 2. The first kappa shape index (κ1) is 22.2. The Morgan fingerprint density at radius 3 is 2.33 bits per heavy atom. The molecule has 0 fully saturated rings. The van der Waals surface area contributed by atoms with Crippen LogP contribution in [0.25, 0.3) is 11.0 Å². The SMILES string of the molecule is O=C(c1ccc(F)c(Cl)c1)c1cc2c(Br)cccc2o1.O=Cc1c(O)cccc1Br. The number of benzene rings is 3. The Balaban J connectivity index is 0.000000216. The molecule has 0 aliphatic carbocycles. The van der Waals surface area contributed by atoms with Crippen LogP contribution in [-0.4, -0.2) is 17.2 Å². The minimum absolute atomic E-state index is 0.00405. The molecule has 0 saturated heterocycles. The smallest absolute Gasteiger partial charge is 0.228 e. The van der Waals surface area contributed by atoms with E-state index in [0.717, 1.165) is 15.9 Å². The zero-order chi connectivity index (χ0) is 21.8. The van der Waals surface area contributed by atoms with Gasteiger partial charge in [0.1, 0.15) is 17.1 Å². The molecule has 1 aromatic heterocycles. The average Bonchev–Trinajstić information content (AvgIpc) is 3.16. The van der Waals surface area contributed by atoms with Gasteiger partial charge in [-0.15, -0.1) is 0 Å². The van der Waals surface area contributed by atoms with Crippen molar-refractivity contribution in [3.05, 3.63) is 97.3 Å². The Hall–Kier alpha value is -2.48. The number of aldehydes is 1. The van der Waals surface area contributed by atoms with Crippen molar-refractivity contribution >= 4 is 66.5 Å². The average molecular weight is 555 g/mol. The molecule has 1 heterocycles. The van der Waals surface area contributed by atoms with Crippen molar-refractivity contribution in [1.29, 1.82) is 0 Å². The van der Waals surface area contributed by atoms with Crippen molar-refractivity contribution in [1.82, 2.24) is 0 Å². The lowest BCUT2D eigenvalue weighted by Crippen LogP contribution is -1.99. The second-order valence-electron chi connectivity index (χ2n) is 6.01. The number of ketones is 1. The molecule has 152 valence electrons. The van der Waals surface area contributed by atoms with Gasteiger partial charge in [-0.05, 0) is 64.5 Å². The predicted octanol–water partition coefficient (Wildman–Crippen LogP) is 7.19. The molecular formula is C22H12Br2ClFO4. The van der Waals surface area contributed by atoms with Crippen molar-refractivity contribution in [2.24, 2.45) is 0 Å². The molecule has 4 aromatic rings. The Bertz CT molecular complexity index is 1230. The standard InChI is InChI=1S/C15H7BrClFO2.C7H5BrO2/c16-10-2-1-3-13-9(10)7-14(20-13)15(19)8-4-5-12(18)11(17)6-8;8-6-2-1-3-7(10)5(6)4-9/h1-7H;1-4,10H. The molecule has 0 aliphatic rings. The third-order valence-corrected chi connectivity index (χ3v) is 5.73. The van der Waals surface area contributed by atoms with Gasteiger partial charge < -0.3 is 9.52 Å². The van der Waals surface area contributed by atoms with Gasteiger partial charge in [0.2, 0.25) is 5.78 Å². The molecular weight excluding hydrogens is 542 g/mol. The van der Waals surface area contributed by atoms with Crippen molar-refractivity contribution in [3.63, 3.8) is 0 Å². The molecule has 1 N–H and O–H groups in total. The van der Waals surface area contributed by atoms with E-state index in [9.17, 15) is 14.0 Å². The first-order valence-electron chi connectivity index (χ1n) is 8.42. The van der Waals surface area contributed by atoms with Crippen LogP contribution in [0.1, 0.15) is 26.5 Å². The van der Waals surface area contributed by atoms with E-state index >= 15 is 0 Å². The normalized spacial score (nSPS) is 10.4. The van der Waals surface area contributed by atoms with E-state index in [-0.39, 0.29) is 27.9 Å². The van der Waals surface area contributed by atoms with E-state index < -0.39 is 5.82 Å². The summed E-state index contributed by atoms with van der Waals surface area (Å²) >= 11 is 12.2. The fourth-order valence-electron chi connectivity index (χ4n) is 2.56. The van der Waals surface area contributed by atoms with Crippen molar-refractivity contribution in [2.45, 2.75) is 0 Å². The van der Waals surface area contributed by atoms with E-state index in [1.165, 1.54) is 18.2 Å². The summed E-state index contributed by atoms with van der Waals surface area (Å²) in [4.78, 5) is 22.6. The molecule has 4 nitrogen and oxygen atoms in total. The van der Waals surface area contributed by atoms with Crippen LogP contribution in [0.15, 0.2) is 74.0 Å². The number of phenols is 1. The van der Waals surface area contributed by atoms with Gasteiger partial charge in [0.15, 0.2) is 12.0 Å². The number of halogens is 4.